The number of aliphatic hydroxyl groups is 1. The normalized spacial score (nSPS) is 18.3. The number of aliphatic hydroxyl groups excluding tert-OH is 1. The Labute approximate surface area is 286 Å². The van der Waals surface area contributed by atoms with Crippen molar-refractivity contribution in [2.75, 3.05) is 4.90 Å². The fourth-order valence-electron chi connectivity index (χ4n) is 6.47. The van der Waals surface area contributed by atoms with Crippen molar-refractivity contribution in [3.8, 4) is 0 Å². The summed E-state index contributed by atoms with van der Waals surface area (Å²) in [7, 11) is 0. The highest BCUT2D eigenvalue weighted by atomic mass is 19.1. The average Bonchev–Trinajstić information content (AvgIpc) is 3.49. The predicted octanol–water partition coefficient (Wildman–Crippen LogP) is 6.47. The number of nitrogens with zero attached hydrogens (tertiary/aromatic N) is 2. The number of rotatable bonds is 10. The largest absolute Gasteiger partial charge is 0.444 e. The van der Waals surface area contributed by atoms with Gasteiger partial charge in [0.05, 0.1) is 23.3 Å². The van der Waals surface area contributed by atoms with Crippen LogP contribution in [0.15, 0.2) is 66.9 Å². The number of hydrogen-bond acceptors (Lipinski definition) is 6. The fourth-order valence-corrected chi connectivity index (χ4v) is 6.47. The molecule has 2 aliphatic heterocycles. The number of amides is 3. The summed E-state index contributed by atoms with van der Waals surface area (Å²) in [6.07, 6.45) is 0.483. The van der Waals surface area contributed by atoms with Crippen LogP contribution in [0.2, 0.25) is 0 Å². The monoisotopic (exact) mass is 669 g/mol. The van der Waals surface area contributed by atoms with Gasteiger partial charge in [0.25, 0.3) is 5.91 Å². The van der Waals surface area contributed by atoms with Crippen molar-refractivity contribution < 1.29 is 33.4 Å². The third-order valence-corrected chi connectivity index (χ3v) is 9.62. The van der Waals surface area contributed by atoms with Crippen molar-refractivity contribution in [3.05, 3.63) is 106 Å². The minimum atomic E-state index is -1.43. The summed E-state index contributed by atoms with van der Waals surface area (Å²) < 4.78 is 19.3. The molecule has 0 aromatic heterocycles. The molecule has 258 valence electrons. The molecule has 3 aromatic rings. The van der Waals surface area contributed by atoms with E-state index in [-0.39, 0.29) is 66.0 Å². The van der Waals surface area contributed by atoms with Crippen molar-refractivity contribution in [2.45, 2.75) is 85.7 Å². The molecule has 5 rings (SSSR count). The first-order chi connectivity index (χ1) is 23.3. The maximum atomic E-state index is 13.9. The summed E-state index contributed by atoms with van der Waals surface area (Å²) in [6.45, 7) is 11.3. The van der Waals surface area contributed by atoms with Gasteiger partial charge in [0.1, 0.15) is 12.4 Å². The lowest BCUT2D eigenvalue weighted by molar-refractivity contribution is -0.130. The third kappa shape index (κ3) is 7.59. The molecule has 0 saturated carbocycles. The first kappa shape index (κ1) is 35.5. The van der Waals surface area contributed by atoms with Gasteiger partial charge in [-0.2, -0.15) is 0 Å². The molecular weight excluding hydrogens is 625 g/mol. The van der Waals surface area contributed by atoms with E-state index in [1.807, 2.05) is 34.6 Å². The van der Waals surface area contributed by atoms with Crippen LogP contribution >= 0.6 is 0 Å². The second kappa shape index (κ2) is 14.7. The standard InChI is InChI=1S/C39H44FN3O6/c1-7-31(22(2)3)36(45)41-25(6)35(44)18-26-8-10-27(11-9-26)21-49-39(48)43-33-17-24(5)23(4)16-32(33)37(46)42-20-29(19-34(42)38(43)47)28-12-14-30(40)15-13-28/h8-17,20,22,25,31,34,38,47H,7,18-19,21H2,1-6H3,(H,41,45)/t25-,31-,34-,38-/m0/s1. The quantitative estimate of drug-likeness (QED) is 0.256. The number of fused-ring (bicyclic) bond motifs is 2. The van der Waals surface area contributed by atoms with Crippen LogP contribution in [0.4, 0.5) is 14.9 Å². The van der Waals surface area contributed by atoms with Gasteiger partial charge in [-0.1, -0.05) is 57.2 Å². The molecule has 3 aromatic carbocycles. The van der Waals surface area contributed by atoms with Crippen LogP contribution in [-0.4, -0.2) is 52.0 Å². The molecule has 0 unspecified atom stereocenters. The van der Waals surface area contributed by atoms with E-state index >= 15 is 0 Å². The van der Waals surface area contributed by atoms with Gasteiger partial charge in [-0.25, -0.2) is 14.1 Å². The number of carbonyl (C=O) groups excluding carboxylic acids is 4. The van der Waals surface area contributed by atoms with Gasteiger partial charge >= 0.3 is 6.09 Å². The molecule has 2 N–H and O–H groups in total. The molecule has 49 heavy (non-hydrogen) atoms. The Morgan fingerprint density at radius 2 is 1.61 bits per heavy atom. The lowest BCUT2D eigenvalue weighted by atomic mass is 9.92. The summed E-state index contributed by atoms with van der Waals surface area (Å²) in [5.74, 6) is -0.948. The molecule has 3 amide bonds. The molecule has 10 heteroatoms. The maximum absolute atomic E-state index is 13.9. The van der Waals surface area contributed by atoms with Crippen LogP contribution in [-0.2, 0) is 27.4 Å². The summed E-state index contributed by atoms with van der Waals surface area (Å²) in [5, 5.41) is 14.5. The molecule has 0 bridgehead atoms. The van der Waals surface area contributed by atoms with Gasteiger partial charge in [0.2, 0.25) is 5.91 Å². The summed E-state index contributed by atoms with van der Waals surface area (Å²) in [4.78, 5) is 55.7. The Kier molecular flexibility index (Phi) is 10.7. The molecule has 0 spiro atoms. The third-order valence-electron chi connectivity index (χ3n) is 9.62. The van der Waals surface area contributed by atoms with Gasteiger partial charge in [0.15, 0.2) is 12.0 Å². The number of ether oxygens (including phenoxy) is 1. The fraction of sp³-hybridized carbons (Fsp3) is 0.385. The van der Waals surface area contributed by atoms with E-state index < -0.39 is 24.4 Å². The minimum absolute atomic E-state index is 0.113. The van der Waals surface area contributed by atoms with E-state index in [1.54, 1.807) is 61.7 Å². The maximum Gasteiger partial charge on any atom is 0.416 e. The smallest absolute Gasteiger partial charge is 0.416 e. The topological polar surface area (TPSA) is 116 Å². The molecule has 0 saturated heterocycles. The van der Waals surface area contributed by atoms with Gasteiger partial charge in [-0.05, 0) is 97.2 Å². The van der Waals surface area contributed by atoms with Gasteiger partial charge in [-0.3, -0.25) is 14.4 Å². The minimum Gasteiger partial charge on any atom is -0.444 e. The zero-order chi connectivity index (χ0) is 35.6. The summed E-state index contributed by atoms with van der Waals surface area (Å²) in [6, 6.07) is 15.0. The van der Waals surface area contributed by atoms with Gasteiger partial charge in [0, 0.05) is 18.5 Å². The molecule has 0 fully saturated rings. The van der Waals surface area contributed by atoms with E-state index in [2.05, 4.69) is 5.32 Å². The molecule has 2 aliphatic rings. The first-order valence-electron chi connectivity index (χ1n) is 16.7. The van der Waals surface area contributed by atoms with Crippen LogP contribution in [0.3, 0.4) is 0 Å². The number of anilines is 1. The Morgan fingerprint density at radius 3 is 2.24 bits per heavy atom. The van der Waals surface area contributed by atoms with Crippen molar-refractivity contribution in [1.29, 1.82) is 0 Å². The predicted molar refractivity (Wildman–Crippen MR) is 185 cm³/mol. The second-order valence-electron chi connectivity index (χ2n) is 13.4. The number of aryl methyl sites for hydroxylation is 2. The first-order valence-corrected chi connectivity index (χ1v) is 16.7. The van der Waals surface area contributed by atoms with Gasteiger partial charge in [-0.15, -0.1) is 0 Å². The van der Waals surface area contributed by atoms with E-state index in [9.17, 15) is 28.7 Å². The van der Waals surface area contributed by atoms with Crippen LogP contribution < -0.4 is 10.2 Å². The van der Waals surface area contributed by atoms with E-state index in [0.29, 0.717) is 17.5 Å². The summed E-state index contributed by atoms with van der Waals surface area (Å²) in [5.41, 5.74) is 5.06. The number of Topliss-reactive ketones (excluding diaryl/α,β-unsaturated/α-hetero) is 1. The Morgan fingerprint density at radius 1 is 0.980 bits per heavy atom. The SMILES string of the molecule is CC[C@H](C(=O)N[C@@H](C)C(=O)Cc1ccc(COC(=O)N2c3cc(C)c(C)cc3C(=O)N3C=C(c4ccc(F)cc4)C[C@H]3[C@@H]2O)cc1)C(C)C. The van der Waals surface area contributed by atoms with Crippen molar-refractivity contribution in [1.82, 2.24) is 10.2 Å². The van der Waals surface area contributed by atoms with Crippen LogP contribution in [0.5, 0.6) is 0 Å². The molecule has 0 radical (unpaired) electrons. The van der Waals surface area contributed by atoms with Crippen molar-refractivity contribution in [3.63, 3.8) is 0 Å². The highest BCUT2D eigenvalue weighted by Gasteiger charge is 2.45. The Bertz CT molecular complexity index is 1770. The van der Waals surface area contributed by atoms with Crippen LogP contribution in [0.25, 0.3) is 5.57 Å². The Hall–Kier alpha value is -4.83. The number of nitrogens with one attached hydrogen (secondary N) is 1. The molecule has 9 nitrogen and oxygen atoms in total. The Balaban J connectivity index is 1.29. The van der Waals surface area contributed by atoms with E-state index in [4.69, 9.17) is 4.74 Å². The number of hydrogen-bond donors (Lipinski definition) is 2. The lowest BCUT2D eigenvalue weighted by Gasteiger charge is -2.31. The number of carbonyl (C=O) groups is 4. The molecule has 2 heterocycles. The molecular formula is C39H44FN3O6. The summed E-state index contributed by atoms with van der Waals surface area (Å²) >= 11 is 0. The molecule has 0 aliphatic carbocycles. The van der Waals surface area contributed by atoms with Crippen LogP contribution in [0, 0.1) is 31.5 Å². The molecule has 4 atom stereocenters. The second-order valence-corrected chi connectivity index (χ2v) is 13.4. The van der Waals surface area contributed by atoms with E-state index in [0.717, 1.165) is 27.2 Å². The van der Waals surface area contributed by atoms with Crippen molar-refractivity contribution in [2.24, 2.45) is 11.8 Å². The highest BCUT2D eigenvalue weighted by molar-refractivity contribution is 6.06. The average molecular weight is 670 g/mol. The van der Waals surface area contributed by atoms with E-state index in [1.165, 1.54) is 17.0 Å². The van der Waals surface area contributed by atoms with Gasteiger partial charge < -0.3 is 20.1 Å². The highest BCUT2D eigenvalue weighted by Crippen LogP contribution is 2.40. The zero-order valence-corrected chi connectivity index (χ0v) is 28.8. The number of ketones is 1. The zero-order valence-electron chi connectivity index (χ0n) is 28.8. The number of halogens is 1. The van der Waals surface area contributed by atoms with Crippen molar-refractivity contribution >= 4 is 35.0 Å². The number of benzene rings is 3. The lowest BCUT2D eigenvalue weighted by Crippen LogP contribution is -2.50. The van der Waals surface area contributed by atoms with Crippen LogP contribution in [0.1, 0.15) is 78.7 Å².